The highest BCUT2D eigenvalue weighted by atomic mass is 79.9. The Morgan fingerprint density at radius 1 is 1.12 bits per heavy atom. The lowest BCUT2D eigenvalue weighted by Gasteiger charge is -2.06. The molecule has 0 heterocycles. The smallest absolute Gasteiger partial charge is 0.154 e. The van der Waals surface area contributed by atoms with Gasteiger partial charge in [0.1, 0.15) is 0 Å². The van der Waals surface area contributed by atoms with Crippen molar-refractivity contribution in [3.63, 3.8) is 0 Å². The summed E-state index contributed by atoms with van der Waals surface area (Å²) in [7, 11) is -2.96. The van der Waals surface area contributed by atoms with Crippen molar-refractivity contribution in [1.29, 1.82) is 0 Å². The number of halogens is 1. The molecule has 2 nitrogen and oxygen atoms in total. The van der Waals surface area contributed by atoms with E-state index < -0.39 is 9.84 Å². The molecule has 4 heteroatoms. The van der Waals surface area contributed by atoms with Crippen LogP contribution in [-0.4, -0.2) is 19.5 Å². The van der Waals surface area contributed by atoms with Gasteiger partial charge in [0.05, 0.1) is 11.5 Å². The highest BCUT2D eigenvalue weighted by Gasteiger charge is 2.11. The van der Waals surface area contributed by atoms with Crippen LogP contribution in [0.5, 0.6) is 0 Å². The fourth-order valence-corrected chi connectivity index (χ4v) is 3.81. The zero-order chi connectivity index (χ0) is 12.2. The summed E-state index contributed by atoms with van der Waals surface area (Å²) in [6.45, 7) is 3.98. The molecule has 0 aliphatic heterocycles. The van der Waals surface area contributed by atoms with E-state index in [1.165, 1.54) is 0 Å². The summed E-state index contributed by atoms with van der Waals surface area (Å²) in [5.74, 6) is 0.410. The van der Waals surface area contributed by atoms with E-state index in [2.05, 4.69) is 22.0 Å². The van der Waals surface area contributed by atoms with Crippen LogP contribution in [0.15, 0.2) is 18.2 Å². The van der Waals surface area contributed by atoms with Gasteiger partial charge in [-0.25, -0.2) is 8.42 Å². The van der Waals surface area contributed by atoms with Crippen LogP contribution in [0.25, 0.3) is 0 Å². The molecule has 1 aromatic rings. The van der Waals surface area contributed by atoms with Crippen molar-refractivity contribution in [3.05, 3.63) is 34.9 Å². The van der Waals surface area contributed by atoms with Crippen molar-refractivity contribution in [2.75, 3.05) is 11.1 Å². The summed E-state index contributed by atoms with van der Waals surface area (Å²) >= 11 is 3.25. The van der Waals surface area contributed by atoms with Crippen molar-refractivity contribution in [1.82, 2.24) is 0 Å². The molecule has 1 rings (SSSR count). The minimum absolute atomic E-state index is 0.155. The fraction of sp³-hybridized carbons (Fsp3) is 0.500. The number of sulfone groups is 1. The minimum Gasteiger partial charge on any atom is -0.228 e. The summed E-state index contributed by atoms with van der Waals surface area (Å²) in [6.07, 6.45) is 0.674. The van der Waals surface area contributed by atoms with Crippen molar-refractivity contribution in [3.8, 4) is 0 Å². The van der Waals surface area contributed by atoms with Gasteiger partial charge in [0.2, 0.25) is 0 Å². The predicted molar refractivity (Wildman–Crippen MR) is 71.8 cm³/mol. The van der Waals surface area contributed by atoms with Crippen LogP contribution in [0.3, 0.4) is 0 Å². The third-order valence-corrected chi connectivity index (χ3v) is 4.50. The second kappa shape index (κ2) is 5.82. The zero-order valence-corrected chi connectivity index (χ0v) is 12.1. The number of rotatable bonds is 5. The first-order chi connectivity index (χ1) is 7.43. The number of alkyl halides is 1. The Balaban J connectivity index is 2.80. The lowest BCUT2D eigenvalue weighted by atomic mass is 10.1. The Morgan fingerprint density at radius 2 is 1.69 bits per heavy atom. The van der Waals surface area contributed by atoms with E-state index in [-0.39, 0.29) is 11.5 Å². The third-order valence-electron chi connectivity index (χ3n) is 2.26. The van der Waals surface area contributed by atoms with Gasteiger partial charge in [0, 0.05) is 5.33 Å². The first kappa shape index (κ1) is 13.7. The molecule has 0 spiro atoms. The lowest BCUT2D eigenvalue weighted by Crippen LogP contribution is -2.10. The Hall–Kier alpha value is -0.350. The molecular weight excluding hydrogens is 288 g/mol. The first-order valence-electron chi connectivity index (χ1n) is 5.26. The van der Waals surface area contributed by atoms with Crippen LogP contribution < -0.4 is 0 Å². The van der Waals surface area contributed by atoms with Gasteiger partial charge >= 0.3 is 0 Å². The van der Waals surface area contributed by atoms with Gasteiger partial charge in [0.15, 0.2) is 9.84 Å². The second-order valence-electron chi connectivity index (χ2n) is 4.13. The molecule has 16 heavy (non-hydrogen) atoms. The SMILES string of the molecule is Cc1cc(C)cc(CS(=O)(=O)CCCBr)c1. The van der Waals surface area contributed by atoms with E-state index in [0.717, 1.165) is 22.0 Å². The molecule has 0 N–H and O–H groups in total. The number of hydrogen-bond acceptors (Lipinski definition) is 2. The summed E-state index contributed by atoms with van der Waals surface area (Å²) in [4.78, 5) is 0. The van der Waals surface area contributed by atoms with Gasteiger partial charge in [-0.3, -0.25) is 0 Å². The van der Waals surface area contributed by atoms with E-state index in [1.54, 1.807) is 0 Å². The lowest BCUT2D eigenvalue weighted by molar-refractivity contribution is 0.594. The molecule has 0 saturated heterocycles. The Bertz CT molecular complexity index is 432. The number of hydrogen-bond donors (Lipinski definition) is 0. The monoisotopic (exact) mass is 304 g/mol. The summed E-state index contributed by atoms with van der Waals surface area (Å²) in [5, 5.41) is 0.735. The van der Waals surface area contributed by atoms with Gasteiger partial charge in [-0.05, 0) is 25.8 Å². The van der Waals surface area contributed by atoms with Crippen LogP contribution in [0, 0.1) is 13.8 Å². The zero-order valence-electron chi connectivity index (χ0n) is 9.66. The van der Waals surface area contributed by atoms with E-state index in [0.29, 0.717) is 6.42 Å². The van der Waals surface area contributed by atoms with Crippen molar-refractivity contribution in [2.24, 2.45) is 0 Å². The van der Waals surface area contributed by atoms with E-state index in [4.69, 9.17) is 0 Å². The fourth-order valence-electron chi connectivity index (χ4n) is 1.75. The third kappa shape index (κ3) is 4.66. The molecular formula is C12H17BrO2S. The molecule has 0 atom stereocenters. The van der Waals surface area contributed by atoms with Crippen LogP contribution >= 0.6 is 15.9 Å². The summed E-state index contributed by atoms with van der Waals surface area (Å²) in [5.41, 5.74) is 3.13. The van der Waals surface area contributed by atoms with Gasteiger partial charge in [-0.1, -0.05) is 45.3 Å². The predicted octanol–water partition coefficient (Wildman–Crippen LogP) is 3.00. The average molecular weight is 305 g/mol. The van der Waals surface area contributed by atoms with Crippen LogP contribution in [0.4, 0.5) is 0 Å². The second-order valence-corrected chi connectivity index (χ2v) is 7.11. The topological polar surface area (TPSA) is 34.1 Å². The molecule has 0 aromatic heterocycles. The normalized spacial score (nSPS) is 11.7. The van der Waals surface area contributed by atoms with Crippen molar-refractivity contribution >= 4 is 25.8 Å². The molecule has 0 aliphatic rings. The summed E-state index contributed by atoms with van der Waals surface area (Å²) < 4.78 is 23.5. The maximum Gasteiger partial charge on any atom is 0.154 e. The van der Waals surface area contributed by atoms with Gasteiger partial charge < -0.3 is 0 Å². The Kier molecular flexibility index (Phi) is 4.99. The first-order valence-corrected chi connectivity index (χ1v) is 8.21. The van der Waals surface area contributed by atoms with E-state index in [1.807, 2.05) is 26.0 Å². The van der Waals surface area contributed by atoms with Crippen LogP contribution in [0.1, 0.15) is 23.1 Å². The van der Waals surface area contributed by atoms with Crippen LogP contribution in [0.2, 0.25) is 0 Å². The molecule has 0 fully saturated rings. The Labute approximate surface area is 106 Å². The van der Waals surface area contributed by atoms with E-state index in [9.17, 15) is 8.42 Å². The molecule has 0 aliphatic carbocycles. The van der Waals surface area contributed by atoms with Gasteiger partial charge in [0.25, 0.3) is 0 Å². The maximum absolute atomic E-state index is 11.8. The molecule has 90 valence electrons. The number of benzene rings is 1. The maximum atomic E-state index is 11.8. The quantitative estimate of drug-likeness (QED) is 0.784. The summed E-state index contributed by atoms with van der Waals surface area (Å²) in [6, 6.07) is 5.94. The molecule has 0 saturated carbocycles. The average Bonchev–Trinajstić information content (AvgIpc) is 2.12. The van der Waals surface area contributed by atoms with Gasteiger partial charge in [-0.15, -0.1) is 0 Å². The standard InChI is InChI=1S/C12H17BrO2S/c1-10-6-11(2)8-12(7-10)9-16(14,15)5-3-4-13/h6-8H,3-5,9H2,1-2H3. The Morgan fingerprint density at radius 3 is 2.19 bits per heavy atom. The molecule has 0 amide bonds. The van der Waals surface area contributed by atoms with Crippen LogP contribution in [-0.2, 0) is 15.6 Å². The highest BCUT2D eigenvalue weighted by Crippen LogP contribution is 2.13. The van der Waals surface area contributed by atoms with Crippen molar-refractivity contribution < 1.29 is 8.42 Å². The highest BCUT2D eigenvalue weighted by molar-refractivity contribution is 9.09. The molecule has 0 bridgehead atoms. The molecule has 0 unspecified atom stereocenters. The van der Waals surface area contributed by atoms with Gasteiger partial charge in [-0.2, -0.15) is 0 Å². The van der Waals surface area contributed by atoms with Crippen molar-refractivity contribution in [2.45, 2.75) is 26.0 Å². The van der Waals surface area contributed by atoms with E-state index >= 15 is 0 Å². The minimum atomic E-state index is -2.96. The molecule has 1 aromatic carbocycles. The number of aryl methyl sites for hydroxylation is 2. The molecule has 0 radical (unpaired) electrons. The largest absolute Gasteiger partial charge is 0.228 e.